The van der Waals surface area contributed by atoms with Crippen LogP contribution in [0.5, 0.6) is 0 Å². The fourth-order valence-corrected chi connectivity index (χ4v) is 3.19. The molecule has 6 nitrogen and oxygen atoms in total. The zero-order chi connectivity index (χ0) is 19.4. The molecule has 3 amide bonds. The first kappa shape index (κ1) is 18.9. The number of carbonyl (C=O) groups excluding carboxylic acids is 3. The highest BCUT2D eigenvalue weighted by atomic mass is 35.5. The molecule has 2 aromatic carbocycles. The van der Waals surface area contributed by atoms with Crippen LogP contribution in [0.4, 0.5) is 5.69 Å². The number of hydrogen-bond acceptors (Lipinski definition) is 3. The number of nitrogens with one attached hydrogen (secondary N) is 1. The van der Waals surface area contributed by atoms with Gasteiger partial charge in [0, 0.05) is 29.2 Å². The number of halogens is 1. The molecule has 1 aliphatic heterocycles. The third kappa shape index (κ3) is 4.46. The molecule has 140 valence electrons. The number of carbonyl (C=O) groups is 3. The third-order valence-electron chi connectivity index (χ3n) is 4.53. The summed E-state index contributed by atoms with van der Waals surface area (Å²) in [7, 11) is 0. The van der Waals surface area contributed by atoms with Gasteiger partial charge in [0.1, 0.15) is 6.04 Å². The second kappa shape index (κ2) is 8.22. The SMILES string of the molecule is NC(=O)C(NC(=O)c1ccc(N2CCCCC2=O)cc1)c1ccc(Cl)cc1. The standard InChI is InChI=1S/C20H20ClN3O3/c21-15-8-4-13(5-9-15)18(19(22)26)23-20(27)14-6-10-16(11-7-14)24-12-2-1-3-17(24)25/h4-11,18H,1-3,12H2,(H2,22,26)(H,23,27). The molecule has 7 heteroatoms. The average Bonchev–Trinajstić information content (AvgIpc) is 2.67. The van der Waals surface area contributed by atoms with E-state index >= 15 is 0 Å². The monoisotopic (exact) mass is 385 g/mol. The van der Waals surface area contributed by atoms with E-state index in [0.717, 1.165) is 18.5 Å². The molecule has 0 saturated carbocycles. The van der Waals surface area contributed by atoms with Gasteiger partial charge in [-0.3, -0.25) is 14.4 Å². The normalized spacial score (nSPS) is 15.3. The van der Waals surface area contributed by atoms with Gasteiger partial charge in [-0.1, -0.05) is 23.7 Å². The molecule has 1 saturated heterocycles. The summed E-state index contributed by atoms with van der Waals surface area (Å²) >= 11 is 5.86. The van der Waals surface area contributed by atoms with E-state index in [9.17, 15) is 14.4 Å². The van der Waals surface area contributed by atoms with Crippen molar-refractivity contribution in [3.8, 4) is 0 Å². The van der Waals surface area contributed by atoms with Gasteiger partial charge in [0.05, 0.1) is 0 Å². The first-order valence-corrected chi connectivity index (χ1v) is 9.09. The van der Waals surface area contributed by atoms with Gasteiger partial charge < -0.3 is 16.0 Å². The van der Waals surface area contributed by atoms with Crippen LogP contribution in [0.15, 0.2) is 48.5 Å². The fraction of sp³-hybridized carbons (Fsp3) is 0.250. The molecular weight excluding hydrogens is 366 g/mol. The lowest BCUT2D eigenvalue weighted by Gasteiger charge is -2.26. The predicted octanol–water partition coefficient (Wildman–Crippen LogP) is 2.81. The first-order chi connectivity index (χ1) is 13.0. The van der Waals surface area contributed by atoms with Crippen LogP contribution in [0.2, 0.25) is 5.02 Å². The van der Waals surface area contributed by atoms with Crippen molar-refractivity contribution < 1.29 is 14.4 Å². The molecule has 1 unspecified atom stereocenters. The third-order valence-corrected chi connectivity index (χ3v) is 4.78. The summed E-state index contributed by atoms with van der Waals surface area (Å²) in [6.07, 6.45) is 2.42. The second-order valence-electron chi connectivity index (χ2n) is 6.41. The molecule has 1 atom stereocenters. The summed E-state index contributed by atoms with van der Waals surface area (Å²) in [4.78, 5) is 38.0. The minimum Gasteiger partial charge on any atom is -0.368 e. The Balaban J connectivity index is 1.73. The van der Waals surface area contributed by atoms with Crippen LogP contribution in [0.1, 0.15) is 41.2 Å². The molecule has 2 aromatic rings. The van der Waals surface area contributed by atoms with Gasteiger partial charge in [-0.2, -0.15) is 0 Å². The van der Waals surface area contributed by atoms with Crippen LogP contribution in [0.25, 0.3) is 0 Å². The van der Waals surface area contributed by atoms with E-state index in [2.05, 4.69) is 5.32 Å². The Morgan fingerprint density at radius 1 is 1.04 bits per heavy atom. The van der Waals surface area contributed by atoms with E-state index in [1.807, 2.05) is 0 Å². The van der Waals surface area contributed by atoms with Gasteiger partial charge in [-0.15, -0.1) is 0 Å². The quantitative estimate of drug-likeness (QED) is 0.828. The molecule has 3 rings (SSSR count). The molecule has 0 aliphatic carbocycles. The lowest BCUT2D eigenvalue weighted by Crippen LogP contribution is -2.37. The molecule has 1 aliphatic rings. The molecule has 0 bridgehead atoms. The number of anilines is 1. The van der Waals surface area contributed by atoms with Crippen LogP contribution >= 0.6 is 11.6 Å². The lowest BCUT2D eigenvalue weighted by atomic mass is 10.1. The molecule has 0 aromatic heterocycles. The Morgan fingerprint density at radius 2 is 1.70 bits per heavy atom. The minimum atomic E-state index is -0.960. The van der Waals surface area contributed by atoms with Crippen LogP contribution in [-0.2, 0) is 9.59 Å². The van der Waals surface area contributed by atoms with E-state index in [-0.39, 0.29) is 5.91 Å². The summed E-state index contributed by atoms with van der Waals surface area (Å²) < 4.78 is 0. The number of piperidine rings is 1. The molecular formula is C20H20ClN3O3. The summed E-state index contributed by atoms with van der Waals surface area (Å²) in [5.74, 6) is -0.999. The largest absolute Gasteiger partial charge is 0.368 e. The van der Waals surface area contributed by atoms with Crippen molar-refractivity contribution in [3.05, 3.63) is 64.7 Å². The number of primary amides is 1. The Bertz CT molecular complexity index is 850. The van der Waals surface area contributed by atoms with Crippen LogP contribution in [0.3, 0.4) is 0 Å². The Kier molecular flexibility index (Phi) is 5.76. The van der Waals surface area contributed by atoms with Gasteiger partial charge in [-0.05, 0) is 54.8 Å². The molecule has 3 N–H and O–H groups in total. The summed E-state index contributed by atoms with van der Waals surface area (Å²) in [5.41, 5.74) is 7.13. The van der Waals surface area contributed by atoms with Crippen molar-refractivity contribution in [1.82, 2.24) is 5.32 Å². The fourth-order valence-electron chi connectivity index (χ4n) is 3.06. The maximum atomic E-state index is 12.5. The maximum Gasteiger partial charge on any atom is 0.252 e. The highest BCUT2D eigenvalue weighted by Crippen LogP contribution is 2.22. The van der Waals surface area contributed by atoms with Crippen molar-refractivity contribution in [1.29, 1.82) is 0 Å². The Hall–Kier alpha value is -2.86. The van der Waals surface area contributed by atoms with Crippen molar-refractivity contribution in [2.45, 2.75) is 25.3 Å². The number of hydrogen-bond donors (Lipinski definition) is 2. The Labute approximate surface area is 162 Å². The van der Waals surface area contributed by atoms with Crippen LogP contribution < -0.4 is 16.0 Å². The van der Waals surface area contributed by atoms with Gasteiger partial charge in [0.2, 0.25) is 11.8 Å². The van der Waals surface area contributed by atoms with Crippen molar-refractivity contribution in [3.63, 3.8) is 0 Å². The van der Waals surface area contributed by atoms with Crippen LogP contribution in [-0.4, -0.2) is 24.3 Å². The summed E-state index contributed by atoms with van der Waals surface area (Å²) in [6.45, 7) is 0.685. The zero-order valence-electron chi connectivity index (χ0n) is 14.7. The van der Waals surface area contributed by atoms with Crippen LogP contribution in [0, 0.1) is 0 Å². The number of rotatable bonds is 5. The average molecular weight is 386 g/mol. The molecule has 0 spiro atoms. The maximum absolute atomic E-state index is 12.5. The van der Waals surface area contributed by atoms with E-state index in [4.69, 9.17) is 17.3 Å². The molecule has 1 fully saturated rings. The summed E-state index contributed by atoms with van der Waals surface area (Å²) in [6, 6.07) is 12.3. The van der Waals surface area contributed by atoms with Gasteiger partial charge >= 0.3 is 0 Å². The van der Waals surface area contributed by atoms with Gasteiger partial charge in [-0.25, -0.2) is 0 Å². The van der Waals surface area contributed by atoms with E-state index in [0.29, 0.717) is 29.1 Å². The minimum absolute atomic E-state index is 0.0926. The van der Waals surface area contributed by atoms with Crippen molar-refractivity contribution in [2.24, 2.45) is 5.73 Å². The second-order valence-corrected chi connectivity index (χ2v) is 6.85. The molecule has 1 heterocycles. The predicted molar refractivity (Wildman–Crippen MR) is 103 cm³/mol. The number of amides is 3. The molecule has 27 heavy (non-hydrogen) atoms. The van der Waals surface area contributed by atoms with E-state index in [1.54, 1.807) is 53.4 Å². The molecule has 0 radical (unpaired) electrons. The highest BCUT2D eigenvalue weighted by Gasteiger charge is 2.22. The zero-order valence-corrected chi connectivity index (χ0v) is 15.4. The van der Waals surface area contributed by atoms with Gasteiger partial charge in [0.15, 0.2) is 0 Å². The van der Waals surface area contributed by atoms with E-state index in [1.165, 1.54) is 0 Å². The lowest BCUT2D eigenvalue weighted by molar-refractivity contribution is -0.120. The van der Waals surface area contributed by atoms with Gasteiger partial charge in [0.25, 0.3) is 5.91 Å². The summed E-state index contributed by atoms with van der Waals surface area (Å²) in [5, 5.41) is 3.16. The topological polar surface area (TPSA) is 92.5 Å². The smallest absolute Gasteiger partial charge is 0.252 e. The Morgan fingerprint density at radius 3 is 2.30 bits per heavy atom. The van der Waals surface area contributed by atoms with Crippen molar-refractivity contribution >= 4 is 35.0 Å². The number of nitrogens with zero attached hydrogens (tertiary/aromatic N) is 1. The van der Waals surface area contributed by atoms with Crippen molar-refractivity contribution in [2.75, 3.05) is 11.4 Å². The first-order valence-electron chi connectivity index (χ1n) is 8.72. The number of nitrogens with two attached hydrogens (primary N) is 1. The highest BCUT2D eigenvalue weighted by molar-refractivity contribution is 6.30. The number of benzene rings is 2. The van der Waals surface area contributed by atoms with E-state index < -0.39 is 17.9 Å².